The Bertz CT molecular complexity index is 897. The largest absolute Gasteiger partial charge is 0.396 e. The summed E-state index contributed by atoms with van der Waals surface area (Å²) >= 11 is 0. The Labute approximate surface area is 117 Å². The number of nitrogen functional groups attached to an aromatic ring is 1. The fourth-order valence-electron chi connectivity index (χ4n) is 2.04. The zero-order valence-corrected chi connectivity index (χ0v) is 10.7. The van der Waals surface area contributed by atoms with E-state index in [1.54, 1.807) is 18.2 Å². The summed E-state index contributed by atoms with van der Waals surface area (Å²) in [5.74, 6) is -1.17. The number of nitrogens with one attached hydrogen (secondary N) is 3. The SMILES string of the molecule is Nc1c(F)cccc1C(=O)Nc1ccc2[nH]c(=O)[nH]c2c1. The number of nitrogens with two attached hydrogens (primary N) is 1. The number of carbonyl (C=O) groups is 1. The van der Waals surface area contributed by atoms with Gasteiger partial charge in [-0.15, -0.1) is 0 Å². The molecule has 0 aliphatic heterocycles. The monoisotopic (exact) mass is 286 g/mol. The highest BCUT2D eigenvalue weighted by Gasteiger charge is 2.13. The summed E-state index contributed by atoms with van der Waals surface area (Å²) < 4.78 is 13.3. The predicted octanol–water partition coefficient (Wildman–Crippen LogP) is 1.83. The fraction of sp³-hybridized carbons (Fsp3) is 0. The number of para-hydroxylation sites is 1. The van der Waals surface area contributed by atoms with Crippen LogP contribution in [0.2, 0.25) is 0 Å². The number of halogens is 1. The molecule has 0 fully saturated rings. The predicted molar refractivity (Wildman–Crippen MR) is 77.7 cm³/mol. The molecule has 21 heavy (non-hydrogen) atoms. The lowest BCUT2D eigenvalue weighted by molar-refractivity contribution is 0.102. The number of benzene rings is 2. The standard InChI is InChI=1S/C14H11FN4O2/c15-9-3-1-2-8(12(9)16)13(20)17-7-4-5-10-11(6-7)19-14(21)18-10/h1-6H,16H2,(H,17,20)(H2,18,19,21). The van der Waals surface area contributed by atoms with E-state index in [2.05, 4.69) is 15.3 Å². The van der Waals surface area contributed by atoms with Crippen molar-refractivity contribution in [2.45, 2.75) is 0 Å². The fourth-order valence-corrected chi connectivity index (χ4v) is 2.04. The molecular weight excluding hydrogens is 275 g/mol. The second-order valence-electron chi connectivity index (χ2n) is 4.49. The average Bonchev–Trinajstić information content (AvgIpc) is 2.81. The summed E-state index contributed by atoms with van der Waals surface area (Å²) in [6.45, 7) is 0. The highest BCUT2D eigenvalue weighted by molar-refractivity contribution is 6.08. The van der Waals surface area contributed by atoms with Crippen molar-refractivity contribution >= 4 is 28.3 Å². The van der Waals surface area contributed by atoms with Gasteiger partial charge >= 0.3 is 5.69 Å². The van der Waals surface area contributed by atoms with Crippen molar-refractivity contribution in [2.75, 3.05) is 11.1 Å². The van der Waals surface area contributed by atoms with Crippen LogP contribution in [0.5, 0.6) is 0 Å². The number of H-pyrrole nitrogens is 2. The molecule has 1 amide bonds. The molecule has 0 radical (unpaired) electrons. The summed E-state index contributed by atoms with van der Waals surface area (Å²) in [5, 5.41) is 2.61. The minimum Gasteiger partial charge on any atom is -0.396 e. The molecule has 0 bridgehead atoms. The first-order valence-electron chi connectivity index (χ1n) is 6.12. The van der Waals surface area contributed by atoms with Crippen LogP contribution >= 0.6 is 0 Å². The van der Waals surface area contributed by atoms with Crippen molar-refractivity contribution in [1.82, 2.24) is 9.97 Å². The van der Waals surface area contributed by atoms with E-state index in [1.165, 1.54) is 18.2 Å². The third-order valence-electron chi connectivity index (χ3n) is 3.07. The molecule has 106 valence electrons. The summed E-state index contributed by atoms with van der Waals surface area (Å²) in [6, 6.07) is 8.90. The van der Waals surface area contributed by atoms with Crippen molar-refractivity contribution in [3.63, 3.8) is 0 Å². The molecule has 0 aliphatic carbocycles. The highest BCUT2D eigenvalue weighted by atomic mass is 19.1. The van der Waals surface area contributed by atoms with Gasteiger partial charge in [-0.2, -0.15) is 0 Å². The van der Waals surface area contributed by atoms with Crippen LogP contribution in [0.4, 0.5) is 15.8 Å². The van der Waals surface area contributed by atoms with Crippen LogP contribution in [0.15, 0.2) is 41.2 Å². The average molecular weight is 286 g/mol. The molecule has 1 aromatic heterocycles. The van der Waals surface area contributed by atoms with E-state index in [4.69, 9.17) is 5.73 Å². The van der Waals surface area contributed by atoms with Gasteiger partial charge in [-0.3, -0.25) is 4.79 Å². The Hall–Kier alpha value is -3.09. The number of rotatable bonds is 2. The van der Waals surface area contributed by atoms with Crippen molar-refractivity contribution in [3.05, 3.63) is 58.3 Å². The minimum atomic E-state index is -0.645. The third-order valence-corrected chi connectivity index (χ3v) is 3.07. The topological polar surface area (TPSA) is 104 Å². The minimum absolute atomic E-state index is 0.0534. The second-order valence-corrected chi connectivity index (χ2v) is 4.49. The number of hydrogen-bond acceptors (Lipinski definition) is 3. The van der Waals surface area contributed by atoms with Crippen molar-refractivity contribution in [1.29, 1.82) is 0 Å². The summed E-state index contributed by atoms with van der Waals surface area (Å²) in [7, 11) is 0. The van der Waals surface area contributed by atoms with Crippen LogP contribution < -0.4 is 16.7 Å². The Morgan fingerprint density at radius 3 is 2.71 bits per heavy atom. The van der Waals surface area contributed by atoms with E-state index in [9.17, 15) is 14.0 Å². The molecule has 1 heterocycles. The lowest BCUT2D eigenvalue weighted by Gasteiger charge is -2.08. The molecule has 3 aromatic rings. The number of anilines is 2. The third kappa shape index (κ3) is 2.36. The number of aromatic amines is 2. The Morgan fingerprint density at radius 2 is 1.90 bits per heavy atom. The van der Waals surface area contributed by atoms with Crippen LogP contribution in [-0.4, -0.2) is 15.9 Å². The number of amides is 1. The number of aromatic nitrogens is 2. The van der Waals surface area contributed by atoms with E-state index >= 15 is 0 Å². The number of hydrogen-bond donors (Lipinski definition) is 4. The van der Waals surface area contributed by atoms with Gasteiger partial charge in [-0.25, -0.2) is 9.18 Å². The number of fused-ring (bicyclic) bond motifs is 1. The van der Waals surface area contributed by atoms with E-state index in [-0.39, 0.29) is 16.9 Å². The highest BCUT2D eigenvalue weighted by Crippen LogP contribution is 2.19. The van der Waals surface area contributed by atoms with Crippen LogP contribution in [0.1, 0.15) is 10.4 Å². The summed E-state index contributed by atoms with van der Waals surface area (Å²) in [6.07, 6.45) is 0. The van der Waals surface area contributed by atoms with Gasteiger partial charge in [0, 0.05) is 5.69 Å². The van der Waals surface area contributed by atoms with Gasteiger partial charge in [-0.05, 0) is 30.3 Å². The first-order valence-corrected chi connectivity index (χ1v) is 6.12. The maximum absolute atomic E-state index is 13.3. The van der Waals surface area contributed by atoms with E-state index in [0.29, 0.717) is 16.7 Å². The lowest BCUT2D eigenvalue weighted by Crippen LogP contribution is -2.14. The van der Waals surface area contributed by atoms with Gasteiger partial charge in [0.05, 0.1) is 22.3 Å². The van der Waals surface area contributed by atoms with Crippen LogP contribution in [-0.2, 0) is 0 Å². The molecule has 0 unspecified atom stereocenters. The molecular formula is C14H11FN4O2. The molecule has 0 aliphatic rings. The molecule has 7 heteroatoms. The molecule has 0 saturated heterocycles. The van der Waals surface area contributed by atoms with Gasteiger partial charge in [0.1, 0.15) is 5.82 Å². The molecule has 0 saturated carbocycles. The van der Waals surface area contributed by atoms with Crippen molar-refractivity contribution in [3.8, 4) is 0 Å². The van der Waals surface area contributed by atoms with E-state index in [0.717, 1.165) is 0 Å². The van der Waals surface area contributed by atoms with Gasteiger partial charge in [0.25, 0.3) is 5.91 Å². The molecule has 3 rings (SSSR count). The Morgan fingerprint density at radius 1 is 1.14 bits per heavy atom. The maximum atomic E-state index is 13.3. The Balaban J connectivity index is 1.92. The lowest BCUT2D eigenvalue weighted by atomic mass is 10.1. The normalized spacial score (nSPS) is 10.7. The molecule has 5 N–H and O–H groups in total. The summed E-state index contributed by atoms with van der Waals surface area (Å²) in [5.41, 5.74) is 6.72. The number of imidazole rings is 1. The Kier molecular flexibility index (Phi) is 2.94. The first kappa shape index (κ1) is 12.9. The zero-order valence-electron chi connectivity index (χ0n) is 10.7. The van der Waals surface area contributed by atoms with Crippen molar-refractivity contribution in [2.24, 2.45) is 0 Å². The van der Waals surface area contributed by atoms with E-state index < -0.39 is 11.7 Å². The van der Waals surface area contributed by atoms with Crippen LogP contribution in [0, 0.1) is 5.82 Å². The van der Waals surface area contributed by atoms with Crippen molar-refractivity contribution < 1.29 is 9.18 Å². The second kappa shape index (κ2) is 4.78. The maximum Gasteiger partial charge on any atom is 0.323 e. The smallest absolute Gasteiger partial charge is 0.323 e. The molecule has 0 atom stereocenters. The van der Waals surface area contributed by atoms with Crippen LogP contribution in [0.3, 0.4) is 0 Å². The molecule has 2 aromatic carbocycles. The van der Waals surface area contributed by atoms with Gasteiger partial charge < -0.3 is 21.0 Å². The van der Waals surface area contributed by atoms with Gasteiger partial charge in [0.15, 0.2) is 0 Å². The van der Waals surface area contributed by atoms with Gasteiger partial charge in [-0.1, -0.05) is 6.07 Å². The molecule has 6 nitrogen and oxygen atoms in total. The van der Waals surface area contributed by atoms with E-state index in [1.807, 2.05) is 0 Å². The molecule has 0 spiro atoms. The number of carbonyl (C=O) groups excluding carboxylic acids is 1. The van der Waals surface area contributed by atoms with Crippen LogP contribution in [0.25, 0.3) is 11.0 Å². The summed E-state index contributed by atoms with van der Waals surface area (Å²) in [4.78, 5) is 28.4. The van der Waals surface area contributed by atoms with Gasteiger partial charge in [0.2, 0.25) is 0 Å². The quantitative estimate of drug-likeness (QED) is 0.540. The first-order chi connectivity index (χ1) is 10.0. The zero-order chi connectivity index (χ0) is 15.0.